The van der Waals surface area contributed by atoms with Gasteiger partial charge in [0, 0.05) is 9.75 Å². The van der Waals surface area contributed by atoms with Crippen LogP contribution in [0.3, 0.4) is 0 Å². The first kappa shape index (κ1) is 21.7. The summed E-state index contributed by atoms with van der Waals surface area (Å²) in [5.74, 6) is -0.275. The molecule has 3 heterocycles. The Bertz CT molecular complexity index is 1250. The average molecular weight is 460 g/mol. The van der Waals surface area contributed by atoms with Gasteiger partial charge in [-0.05, 0) is 64.5 Å². The highest BCUT2D eigenvalue weighted by atomic mass is 32.1. The van der Waals surface area contributed by atoms with Gasteiger partial charge < -0.3 is 10.1 Å². The van der Waals surface area contributed by atoms with E-state index < -0.39 is 5.97 Å². The number of hydrogen-bond donors (Lipinski definition) is 1. The van der Waals surface area contributed by atoms with Crippen molar-refractivity contribution in [2.75, 3.05) is 11.9 Å². The molecule has 0 aromatic carbocycles. The summed E-state index contributed by atoms with van der Waals surface area (Å²) in [4.78, 5) is 46.0. The number of aryl methyl sites for hydroxylation is 4. The van der Waals surface area contributed by atoms with E-state index in [1.807, 2.05) is 13.8 Å². The van der Waals surface area contributed by atoms with Crippen molar-refractivity contribution in [3.63, 3.8) is 0 Å². The molecule has 9 heteroatoms. The highest BCUT2D eigenvalue weighted by molar-refractivity contribution is 7.18. The van der Waals surface area contributed by atoms with Gasteiger partial charge in [0.25, 0.3) is 5.56 Å². The molecule has 164 valence electrons. The number of ether oxygens (including phenoxy) is 1. The number of fused-ring (bicyclic) bond motifs is 2. The van der Waals surface area contributed by atoms with Crippen LogP contribution in [-0.4, -0.2) is 28.0 Å². The predicted octanol–water partition coefficient (Wildman–Crippen LogP) is 4.14. The van der Waals surface area contributed by atoms with Crippen LogP contribution in [0, 0.1) is 20.8 Å². The zero-order valence-corrected chi connectivity index (χ0v) is 19.7. The van der Waals surface area contributed by atoms with E-state index in [-0.39, 0.29) is 24.6 Å². The number of thiophene rings is 2. The maximum atomic E-state index is 13.1. The lowest BCUT2D eigenvalue weighted by atomic mass is 9.95. The van der Waals surface area contributed by atoms with Gasteiger partial charge in [0.15, 0.2) is 0 Å². The van der Waals surface area contributed by atoms with Crippen LogP contribution in [0.1, 0.15) is 56.8 Å². The molecule has 3 aromatic heterocycles. The molecule has 0 atom stereocenters. The summed E-state index contributed by atoms with van der Waals surface area (Å²) >= 11 is 2.93. The average Bonchev–Trinajstić information content (AvgIpc) is 3.21. The monoisotopic (exact) mass is 459 g/mol. The van der Waals surface area contributed by atoms with Crippen LogP contribution in [0.5, 0.6) is 0 Å². The minimum absolute atomic E-state index is 0.160. The van der Waals surface area contributed by atoms with Gasteiger partial charge in [0.2, 0.25) is 5.91 Å². The van der Waals surface area contributed by atoms with Crippen molar-refractivity contribution in [1.82, 2.24) is 9.55 Å². The van der Waals surface area contributed by atoms with Crippen molar-refractivity contribution in [2.45, 2.75) is 59.9 Å². The molecule has 0 radical (unpaired) electrons. The number of nitrogens with one attached hydrogen (secondary N) is 1. The number of anilines is 1. The molecule has 0 unspecified atom stereocenters. The molecule has 4 rings (SSSR count). The first-order valence-electron chi connectivity index (χ1n) is 10.4. The largest absolute Gasteiger partial charge is 0.462 e. The van der Waals surface area contributed by atoms with Gasteiger partial charge in [-0.1, -0.05) is 0 Å². The number of hydrogen-bond acceptors (Lipinski definition) is 7. The molecule has 0 aliphatic heterocycles. The Hall–Kier alpha value is -2.52. The Morgan fingerprint density at radius 2 is 1.90 bits per heavy atom. The molecule has 0 saturated heterocycles. The molecule has 1 aliphatic carbocycles. The molecule has 0 spiro atoms. The van der Waals surface area contributed by atoms with E-state index in [1.165, 1.54) is 27.2 Å². The quantitative estimate of drug-likeness (QED) is 0.579. The minimum atomic E-state index is -0.405. The Morgan fingerprint density at radius 1 is 1.16 bits per heavy atom. The second kappa shape index (κ2) is 8.55. The molecule has 0 fully saturated rings. The summed E-state index contributed by atoms with van der Waals surface area (Å²) in [6.07, 6.45) is 3.80. The van der Waals surface area contributed by atoms with Gasteiger partial charge in [0.1, 0.15) is 22.2 Å². The van der Waals surface area contributed by atoms with Crippen molar-refractivity contribution < 1.29 is 14.3 Å². The third kappa shape index (κ3) is 3.92. The molecular formula is C22H25N3O4S2. The number of esters is 1. The maximum absolute atomic E-state index is 13.1. The van der Waals surface area contributed by atoms with Crippen molar-refractivity contribution in [2.24, 2.45) is 0 Å². The minimum Gasteiger partial charge on any atom is -0.462 e. The molecule has 0 bridgehead atoms. The summed E-state index contributed by atoms with van der Waals surface area (Å²) in [6, 6.07) is 0. The lowest BCUT2D eigenvalue weighted by Crippen LogP contribution is -2.30. The Morgan fingerprint density at radius 3 is 2.65 bits per heavy atom. The van der Waals surface area contributed by atoms with Gasteiger partial charge in [-0.2, -0.15) is 0 Å². The zero-order valence-electron chi connectivity index (χ0n) is 18.1. The van der Waals surface area contributed by atoms with Gasteiger partial charge in [-0.15, -0.1) is 22.7 Å². The van der Waals surface area contributed by atoms with E-state index in [1.54, 1.807) is 13.8 Å². The third-order valence-corrected chi connectivity index (χ3v) is 7.99. The van der Waals surface area contributed by atoms with E-state index in [0.29, 0.717) is 26.6 Å². The number of amides is 1. The molecule has 3 aromatic rings. The molecule has 1 aliphatic rings. The summed E-state index contributed by atoms with van der Waals surface area (Å²) in [5.41, 5.74) is 2.15. The molecule has 0 saturated carbocycles. The van der Waals surface area contributed by atoms with Crippen LogP contribution < -0.4 is 10.9 Å². The van der Waals surface area contributed by atoms with E-state index in [2.05, 4.69) is 10.3 Å². The molecule has 1 amide bonds. The smallest absolute Gasteiger partial charge is 0.341 e. The summed E-state index contributed by atoms with van der Waals surface area (Å²) < 4.78 is 6.64. The number of carbonyl (C=O) groups excluding carboxylic acids is 2. The highest BCUT2D eigenvalue weighted by Crippen LogP contribution is 2.38. The first-order valence-corrected chi connectivity index (χ1v) is 12.0. The lowest BCUT2D eigenvalue weighted by molar-refractivity contribution is -0.116. The summed E-state index contributed by atoms with van der Waals surface area (Å²) in [5, 5.41) is 3.95. The fourth-order valence-electron chi connectivity index (χ4n) is 4.00. The number of carbonyl (C=O) groups is 2. The number of aromatic nitrogens is 2. The van der Waals surface area contributed by atoms with Gasteiger partial charge in [-0.3, -0.25) is 14.2 Å². The zero-order chi connectivity index (χ0) is 22.3. The Balaban J connectivity index is 1.66. The maximum Gasteiger partial charge on any atom is 0.341 e. The number of nitrogens with zero attached hydrogens (tertiary/aromatic N) is 2. The van der Waals surface area contributed by atoms with Gasteiger partial charge >= 0.3 is 5.97 Å². The Labute approximate surface area is 188 Å². The van der Waals surface area contributed by atoms with Crippen molar-refractivity contribution in [3.8, 4) is 0 Å². The molecule has 7 nitrogen and oxygen atoms in total. The van der Waals surface area contributed by atoms with Crippen molar-refractivity contribution >= 4 is 49.8 Å². The first-order chi connectivity index (χ1) is 14.8. The highest BCUT2D eigenvalue weighted by Gasteiger charge is 2.27. The molecule has 1 N–H and O–H groups in total. The van der Waals surface area contributed by atoms with Crippen LogP contribution in [0.25, 0.3) is 10.2 Å². The topological polar surface area (TPSA) is 90.3 Å². The van der Waals surface area contributed by atoms with Crippen LogP contribution >= 0.6 is 22.7 Å². The van der Waals surface area contributed by atoms with Crippen LogP contribution in [0.4, 0.5) is 5.00 Å². The fraction of sp³-hybridized carbons (Fsp3) is 0.455. The van der Waals surface area contributed by atoms with E-state index in [0.717, 1.165) is 46.6 Å². The molecule has 31 heavy (non-hydrogen) atoms. The van der Waals surface area contributed by atoms with Gasteiger partial charge in [-0.25, -0.2) is 9.78 Å². The normalized spacial score (nSPS) is 13.3. The van der Waals surface area contributed by atoms with Crippen LogP contribution in [0.15, 0.2) is 4.79 Å². The second-order valence-electron chi connectivity index (χ2n) is 7.70. The SMILES string of the molecule is CCOC(=O)c1c(NC(=O)Cn2c(C)nc3sc(C)c(C)c3c2=O)sc2c1CCCC2. The van der Waals surface area contributed by atoms with E-state index in [9.17, 15) is 14.4 Å². The third-order valence-electron chi connectivity index (χ3n) is 5.69. The van der Waals surface area contributed by atoms with Crippen molar-refractivity contribution in [3.05, 3.63) is 42.6 Å². The Kier molecular flexibility index (Phi) is 5.98. The number of rotatable bonds is 5. The van der Waals surface area contributed by atoms with Crippen molar-refractivity contribution in [1.29, 1.82) is 0 Å². The lowest BCUT2D eigenvalue weighted by Gasteiger charge is -2.13. The van der Waals surface area contributed by atoms with Crippen LogP contribution in [-0.2, 0) is 28.9 Å². The van der Waals surface area contributed by atoms with Gasteiger partial charge in [0.05, 0.1) is 17.6 Å². The second-order valence-corrected chi connectivity index (χ2v) is 10.0. The summed E-state index contributed by atoms with van der Waals surface area (Å²) in [6.45, 7) is 7.47. The summed E-state index contributed by atoms with van der Waals surface area (Å²) in [7, 11) is 0. The van der Waals surface area contributed by atoms with E-state index in [4.69, 9.17) is 4.74 Å². The predicted molar refractivity (Wildman–Crippen MR) is 124 cm³/mol. The fourth-order valence-corrected chi connectivity index (χ4v) is 6.36. The standard InChI is InChI=1S/C22H25N3O4S2/c1-5-29-22(28)18-14-8-6-7-9-15(14)31-20(18)24-16(26)10-25-13(4)23-19-17(21(25)27)11(2)12(3)30-19/h5-10H2,1-4H3,(H,24,26). The van der Waals surface area contributed by atoms with E-state index >= 15 is 0 Å². The molecular weight excluding hydrogens is 434 g/mol. The van der Waals surface area contributed by atoms with Crippen LogP contribution in [0.2, 0.25) is 0 Å².